The molecule has 0 aliphatic carbocycles. The highest BCUT2D eigenvalue weighted by atomic mass is 31.2. The van der Waals surface area contributed by atoms with Crippen molar-refractivity contribution in [1.29, 1.82) is 0 Å². The number of ether oxygens (including phenoxy) is 2. The van der Waals surface area contributed by atoms with Crippen LogP contribution in [0.25, 0.3) is 0 Å². The smallest absolute Gasteiger partial charge is 0.462 e. The molecule has 2 atom stereocenters. The van der Waals surface area contributed by atoms with Gasteiger partial charge in [0.1, 0.15) is 19.8 Å². The number of carbonyl (C=O) groups is 2. The predicted octanol–water partition coefficient (Wildman–Crippen LogP) is 16.2. The lowest BCUT2D eigenvalue weighted by Gasteiger charge is -2.24. The molecule has 1 N–H and O–H groups in total. The van der Waals surface area contributed by atoms with E-state index in [0.29, 0.717) is 17.4 Å². The number of phosphoric ester groups is 1. The summed E-state index contributed by atoms with van der Waals surface area (Å²) in [6, 6.07) is 0. The van der Waals surface area contributed by atoms with E-state index in [0.717, 1.165) is 64.2 Å². The lowest BCUT2D eigenvalue weighted by atomic mass is 10.0. The number of nitrogens with zero attached hydrogens (tertiary/aromatic N) is 1. The molecule has 0 aliphatic rings. The number of hydrogen-bond acceptors (Lipinski definition) is 7. The SMILES string of the molecule is CCCCCC/C=C\C/C=C\CCCCCCCCCC(=O)OCC(COP(=O)(O)OCC[N+](C)(C)C)OC(=O)CCCCCCCCCCCCC/C=C\C/C=C\CCCCCCC. The number of esters is 2. The highest BCUT2D eigenvalue weighted by Gasteiger charge is 2.27. The number of likely N-dealkylation sites (N-methyl/N-ethyl adjacent to an activating group) is 1. The Kier molecular flexibility index (Phi) is 45.6. The Morgan fingerprint density at radius 2 is 0.831 bits per heavy atom. The first-order valence-corrected chi connectivity index (χ1v) is 28.4. The van der Waals surface area contributed by atoms with Crippen LogP contribution in [0.3, 0.4) is 0 Å². The van der Waals surface area contributed by atoms with Gasteiger partial charge in [0.15, 0.2) is 6.10 Å². The third-order valence-electron chi connectivity index (χ3n) is 11.6. The van der Waals surface area contributed by atoms with Crippen LogP contribution in [-0.4, -0.2) is 74.9 Å². The molecule has 0 aliphatic heterocycles. The van der Waals surface area contributed by atoms with Gasteiger partial charge in [0.2, 0.25) is 0 Å². The molecule has 0 aromatic heterocycles. The van der Waals surface area contributed by atoms with Crippen LogP contribution in [0, 0.1) is 0 Å². The molecule has 0 aromatic rings. The number of rotatable bonds is 49. The molecule has 0 aromatic carbocycles. The Bertz CT molecular complexity index is 1240. The lowest BCUT2D eigenvalue weighted by molar-refractivity contribution is -0.870. The van der Waals surface area contributed by atoms with E-state index in [1.807, 2.05) is 21.1 Å². The van der Waals surface area contributed by atoms with Crippen LogP contribution in [0.4, 0.5) is 0 Å². The molecule has 0 heterocycles. The minimum Gasteiger partial charge on any atom is -0.462 e. The largest absolute Gasteiger partial charge is 0.472 e. The topological polar surface area (TPSA) is 108 Å². The summed E-state index contributed by atoms with van der Waals surface area (Å²) in [6.07, 6.45) is 57.3. The minimum atomic E-state index is -4.38. The number of allylic oxidation sites excluding steroid dienone is 8. The van der Waals surface area contributed by atoms with Gasteiger partial charge in [0.25, 0.3) is 0 Å². The number of phosphoric acid groups is 1. The summed E-state index contributed by atoms with van der Waals surface area (Å²) in [5, 5.41) is 0. The molecule has 0 rings (SSSR count). The maximum Gasteiger partial charge on any atom is 0.472 e. The van der Waals surface area contributed by atoms with Crippen LogP contribution in [0.2, 0.25) is 0 Å². The fraction of sp³-hybridized carbons (Fsp3) is 0.818. The van der Waals surface area contributed by atoms with Gasteiger partial charge in [-0.1, -0.05) is 197 Å². The zero-order valence-electron chi connectivity index (χ0n) is 43.0. The van der Waals surface area contributed by atoms with E-state index >= 15 is 0 Å². The third kappa shape index (κ3) is 51.2. The van der Waals surface area contributed by atoms with Crippen molar-refractivity contribution in [2.45, 2.75) is 245 Å². The Morgan fingerprint density at radius 3 is 1.23 bits per heavy atom. The van der Waals surface area contributed by atoms with Crippen LogP contribution >= 0.6 is 7.82 Å². The van der Waals surface area contributed by atoms with Gasteiger partial charge in [0, 0.05) is 12.8 Å². The first-order chi connectivity index (χ1) is 31.5. The summed E-state index contributed by atoms with van der Waals surface area (Å²) in [5.41, 5.74) is 0. The van der Waals surface area contributed by atoms with Crippen molar-refractivity contribution in [1.82, 2.24) is 0 Å². The van der Waals surface area contributed by atoms with Gasteiger partial charge in [-0.25, -0.2) is 4.57 Å². The van der Waals surface area contributed by atoms with Crippen LogP contribution in [0.15, 0.2) is 48.6 Å². The first-order valence-electron chi connectivity index (χ1n) is 26.9. The van der Waals surface area contributed by atoms with Crippen molar-refractivity contribution in [3.63, 3.8) is 0 Å². The molecule has 0 radical (unpaired) electrons. The molecule has 0 bridgehead atoms. The molecule has 9 nitrogen and oxygen atoms in total. The molecular formula is C55H103NO8P+. The number of hydrogen-bond donors (Lipinski definition) is 1. The highest BCUT2D eigenvalue weighted by Crippen LogP contribution is 2.43. The van der Waals surface area contributed by atoms with E-state index in [4.69, 9.17) is 18.5 Å². The first kappa shape index (κ1) is 63.0. The Balaban J connectivity index is 4.23. The summed E-state index contributed by atoms with van der Waals surface area (Å²) in [6.45, 7) is 4.41. The van der Waals surface area contributed by atoms with E-state index in [9.17, 15) is 19.0 Å². The predicted molar refractivity (Wildman–Crippen MR) is 275 cm³/mol. The maximum atomic E-state index is 12.8. The second kappa shape index (κ2) is 47.1. The molecule has 2 unspecified atom stereocenters. The molecule has 0 fully saturated rings. The van der Waals surface area contributed by atoms with Crippen LogP contribution in [0.5, 0.6) is 0 Å². The quantitative estimate of drug-likeness (QED) is 0.0211. The Labute approximate surface area is 401 Å². The average molecular weight is 937 g/mol. The highest BCUT2D eigenvalue weighted by molar-refractivity contribution is 7.47. The average Bonchev–Trinajstić information content (AvgIpc) is 3.26. The fourth-order valence-electron chi connectivity index (χ4n) is 7.37. The second-order valence-corrected chi connectivity index (χ2v) is 20.7. The normalized spacial score (nSPS) is 13.8. The number of unbranched alkanes of at least 4 members (excludes halogenated alkanes) is 27. The molecule has 10 heteroatoms. The number of carbonyl (C=O) groups excluding carboxylic acids is 2. The molecule has 0 saturated carbocycles. The van der Waals surface area contributed by atoms with Crippen molar-refractivity contribution in [2.75, 3.05) is 47.5 Å². The van der Waals surface area contributed by atoms with Crippen molar-refractivity contribution in [3.05, 3.63) is 48.6 Å². The minimum absolute atomic E-state index is 0.0292. The van der Waals surface area contributed by atoms with E-state index in [-0.39, 0.29) is 32.0 Å². The summed E-state index contributed by atoms with van der Waals surface area (Å²) < 4.78 is 34.5. The molecule has 65 heavy (non-hydrogen) atoms. The van der Waals surface area contributed by atoms with Gasteiger partial charge in [-0.05, 0) is 77.0 Å². The van der Waals surface area contributed by atoms with E-state index in [1.165, 1.54) is 141 Å². The summed E-state index contributed by atoms with van der Waals surface area (Å²) >= 11 is 0. The van der Waals surface area contributed by atoms with Crippen molar-refractivity contribution in [2.24, 2.45) is 0 Å². The molecular weight excluding hydrogens is 834 g/mol. The fourth-order valence-corrected chi connectivity index (χ4v) is 8.11. The third-order valence-corrected chi connectivity index (χ3v) is 12.6. The Morgan fingerprint density at radius 1 is 0.477 bits per heavy atom. The van der Waals surface area contributed by atoms with Gasteiger partial charge < -0.3 is 18.9 Å². The van der Waals surface area contributed by atoms with Crippen LogP contribution in [-0.2, 0) is 32.7 Å². The van der Waals surface area contributed by atoms with Crippen LogP contribution < -0.4 is 0 Å². The maximum absolute atomic E-state index is 12.8. The summed E-state index contributed by atoms with van der Waals surface area (Å²) in [7, 11) is 1.47. The monoisotopic (exact) mass is 937 g/mol. The molecule has 380 valence electrons. The Hall–Kier alpha value is -2.03. The number of quaternary nitrogens is 1. The second-order valence-electron chi connectivity index (χ2n) is 19.3. The molecule has 0 spiro atoms. The van der Waals surface area contributed by atoms with Gasteiger partial charge >= 0.3 is 19.8 Å². The molecule has 0 saturated heterocycles. The zero-order valence-corrected chi connectivity index (χ0v) is 43.9. The van der Waals surface area contributed by atoms with E-state index in [1.54, 1.807) is 0 Å². The van der Waals surface area contributed by atoms with Gasteiger partial charge in [-0.3, -0.25) is 18.6 Å². The van der Waals surface area contributed by atoms with E-state index in [2.05, 4.69) is 62.5 Å². The van der Waals surface area contributed by atoms with Gasteiger partial charge in [-0.2, -0.15) is 0 Å². The van der Waals surface area contributed by atoms with Crippen molar-refractivity contribution < 1.29 is 42.1 Å². The zero-order chi connectivity index (χ0) is 47.8. The van der Waals surface area contributed by atoms with Gasteiger partial charge in [-0.15, -0.1) is 0 Å². The van der Waals surface area contributed by atoms with Crippen molar-refractivity contribution >= 4 is 19.8 Å². The standard InChI is InChI=1S/C55H102NO8P/c1-6-8-10-12-14-16-18-20-22-24-26-27-28-29-30-32-34-36-38-40-42-44-46-48-55(58)64-53(52-63-65(59,60)62-50-49-56(3,4)5)51-61-54(57)47-45-43-41-39-37-35-33-31-25-23-21-19-17-15-13-11-9-7-2/h17-20,23-26,53H,6-16,21-22,27-52H2,1-5H3/p+1/b19-17-,20-18-,25-23-,26-24-. The van der Waals surface area contributed by atoms with Crippen LogP contribution in [0.1, 0.15) is 239 Å². The van der Waals surface area contributed by atoms with E-state index < -0.39 is 26.5 Å². The van der Waals surface area contributed by atoms with Gasteiger partial charge in [0.05, 0.1) is 27.7 Å². The summed E-state index contributed by atoms with van der Waals surface area (Å²) in [5.74, 6) is -0.804. The lowest BCUT2D eigenvalue weighted by Crippen LogP contribution is -2.37. The summed E-state index contributed by atoms with van der Waals surface area (Å²) in [4.78, 5) is 35.6. The van der Waals surface area contributed by atoms with Crippen molar-refractivity contribution in [3.8, 4) is 0 Å². The molecule has 0 amide bonds.